The van der Waals surface area contributed by atoms with E-state index in [0.29, 0.717) is 6.42 Å². The van der Waals surface area contributed by atoms with Crippen molar-refractivity contribution in [2.45, 2.75) is 33.3 Å². The number of benzene rings is 1. The van der Waals surface area contributed by atoms with Gasteiger partial charge in [0.1, 0.15) is 11.5 Å². The van der Waals surface area contributed by atoms with Crippen molar-refractivity contribution in [3.63, 3.8) is 0 Å². The zero-order chi connectivity index (χ0) is 10.6. The third kappa shape index (κ3) is 3.60. The summed E-state index contributed by atoms with van der Waals surface area (Å²) in [7, 11) is 0. The largest absolute Gasteiger partial charge is 0.491 e. The molecule has 14 heavy (non-hydrogen) atoms. The topological polar surface area (TPSA) is 26.3 Å². The lowest BCUT2D eigenvalue weighted by atomic mass is 10.1. The molecule has 0 amide bonds. The predicted octanol–water partition coefficient (Wildman–Crippen LogP) is 2.61. The highest BCUT2D eigenvalue weighted by atomic mass is 16.5. The lowest BCUT2D eigenvalue weighted by Gasteiger charge is -2.10. The van der Waals surface area contributed by atoms with Crippen molar-refractivity contribution >= 4 is 5.78 Å². The van der Waals surface area contributed by atoms with Gasteiger partial charge in [0.05, 0.1) is 6.10 Å². The lowest BCUT2D eigenvalue weighted by Crippen LogP contribution is -2.06. The third-order valence-corrected chi connectivity index (χ3v) is 1.72. The highest BCUT2D eigenvalue weighted by Gasteiger charge is 2.01. The van der Waals surface area contributed by atoms with Crippen molar-refractivity contribution in [3.05, 3.63) is 29.8 Å². The molecular formula is C12H16O2. The summed E-state index contributed by atoms with van der Waals surface area (Å²) in [6.07, 6.45) is 0.650. The molecule has 0 unspecified atom stereocenters. The molecule has 1 aromatic rings. The second kappa shape index (κ2) is 4.80. The number of Topliss-reactive ketones (excluding diaryl/α,β-unsaturated/α-hetero) is 1. The molecule has 0 bridgehead atoms. The van der Waals surface area contributed by atoms with Crippen LogP contribution < -0.4 is 4.74 Å². The Kier molecular flexibility index (Phi) is 3.69. The maximum absolute atomic E-state index is 10.9. The van der Waals surface area contributed by atoms with Gasteiger partial charge in [-0.2, -0.15) is 0 Å². The standard InChI is InChI=1S/C12H16O2/c1-9(2)14-12-6-4-5-11(8-12)7-10(3)13/h4-6,8-9H,7H2,1-3H3. The molecule has 0 aliphatic carbocycles. The summed E-state index contributed by atoms with van der Waals surface area (Å²) in [5, 5.41) is 0. The van der Waals surface area contributed by atoms with Gasteiger partial charge < -0.3 is 4.74 Å². The minimum Gasteiger partial charge on any atom is -0.491 e. The second-order valence-electron chi connectivity index (χ2n) is 3.69. The first-order chi connectivity index (χ1) is 6.58. The van der Waals surface area contributed by atoms with Gasteiger partial charge in [-0.15, -0.1) is 0 Å². The van der Waals surface area contributed by atoms with E-state index in [1.165, 1.54) is 0 Å². The Morgan fingerprint density at radius 3 is 2.71 bits per heavy atom. The van der Waals surface area contributed by atoms with E-state index in [1.54, 1.807) is 6.92 Å². The molecule has 0 spiro atoms. The molecule has 0 radical (unpaired) electrons. The van der Waals surface area contributed by atoms with Crippen LogP contribution in [0.4, 0.5) is 0 Å². The Morgan fingerprint density at radius 1 is 1.43 bits per heavy atom. The van der Waals surface area contributed by atoms with E-state index in [9.17, 15) is 4.79 Å². The predicted molar refractivity (Wildman–Crippen MR) is 56.6 cm³/mol. The SMILES string of the molecule is CC(=O)Cc1cccc(OC(C)C)c1. The third-order valence-electron chi connectivity index (χ3n) is 1.72. The normalized spacial score (nSPS) is 10.3. The fourth-order valence-corrected chi connectivity index (χ4v) is 1.29. The maximum Gasteiger partial charge on any atom is 0.134 e. The molecule has 0 N–H and O–H groups in total. The number of rotatable bonds is 4. The van der Waals surface area contributed by atoms with Crippen LogP contribution in [0, 0.1) is 0 Å². The lowest BCUT2D eigenvalue weighted by molar-refractivity contribution is -0.116. The average Bonchev–Trinajstić information content (AvgIpc) is 2.01. The van der Waals surface area contributed by atoms with Crippen molar-refractivity contribution in [2.75, 3.05) is 0 Å². The van der Waals surface area contributed by atoms with Gasteiger partial charge >= 0.3 is 0 Å². The number of hydrogen-bond acceptors (Lipinski definition) is 2. The van der Waals surface area contributed by atoms with E-state index in [0.717, 1.165) is 11.3 Å². The highest BCUT2D eigenvalue weighted by Crippen LogP contribution is 2.15. The molecular weight excluding hydrogens is 176 g/mol. The van der Waals surface area contributed by atoms with Crippen LogP contribution in [-0.2, 0) is 11.2 Å². The molecule has 0 aromatic heterocycles. The zero-order valence-electron chi connectivity index (χ0n) is 8.91. The van der Waals surface area contributed by atoms with Gasteiger partial charge in [0.25, 0.3) is 0 Å². The Balaban J connectivity index is 2.73. The number of carbonyl (C=O) groups is 1. The molecule has 1 aromatic carbocycles. The number of ether oxygens (including phenoxy) is 1. The number of ketones is 1. The van der Waals surface area contributed by atoms with Crippen molar-refractivity contribution in [1.82, 2.24) is 0 Å². The van der Waals surface area contributed by atoms with Crippen LogP contribution in [0.15, 0.2) is 24.3 Å². The molecule has 76 valence electrons. The van der Waals surface area contributed by atoms with Crippen LogP contribution in [0.25, 0.3) is 0 Å². The summed E-state index contributed by atoms with van der Waals surface area (Å²) in [6, 6.07) is 7.68. The van der Waals surface area contributed by atoms with Gasteiger partial charge in [0, 0.05) is 6.42 Å². The molecule has 0 fully saturated rings. The summed E-state index contributed by atoms with van der Waals surface area (Å²) in [5.74, 6) is 1.01. The van der Waals surface area contributed by atoms with E-state index in [-0.39, 0.29) is 11.9 Å². The minimum atomic E-state index is 0.169. The van der Waals surface area contributed by atoms with Gasteiger partial charge in [-0.25, -0.2) is 0 Å². The van der Waals surface area contributed by atoms with Crippen molar-refractivity contribution < 1.29 is 9.53 Å². The summed E-state index contributed by atoms with van der Waals surface area (Å²) >= 11 is 0. The van der Waals surface area contributed by atoms with Gasteiger partial charge in [0.2, 0.25) is 0 Å². The van der Waals surface area contributed by atoms with Crippen LogP contribution >= 0.6 is 0 Å². The molecule has 0 saturated heterocycles. The van der Waals surface area contributed by atoms with Crippen LogP contribution in [0.3, 0.4) is 0 Å². The van der Waals surface area contributed by atoms with E-state index in [1.807, 2.05) is 38.1 Å². The monoisotopic (exact) mass is 192 g/mol. The highest BCUT2D eigenvalue weighted by molar-refractivity contribution is 5.78. The van der Waals surface area contributed by atoms with Gasteiger partial charge in [0.15, 0.2) is 0 Å². The molecule has 0 aliphatic rings. The summed E-state index contributed by atoms with van der Waals surface area (Å²) in [6.45, 7) is 5.56. The molecule has 0 saturated carbocycles. The fraction of sp³-hybridized carbons (Fsp3) is 0.417. The first-order valence-electron chi connectivity index (χ1n) is 4.83. The summed E-state index contributed by atoms with van der Waals surface area (Å²) in [4.78, 5) is 10.9. The first-order valence-corrected chi connectivity index (χ1v) is 4.83. The van der Waals surface area contributed by atoms with Gasteiger partial charge in [-0.3, -0.25) is 4.79 Å². The van der Waals surface area contributed by atoms with Crippen LogP contribution in [0.5, 0.6) is 5.75 Å². The van der Waals surface area contributed by atoms with Crippen molar-refractivity contribution in [2.24, 2.45) is 0 Å². The smallest absolute Gasteiger partial charge is 0.134 e. The second-order valence-corrected chi connectivity index (χ2v) is 3.69. The molecule has 2 heteroatoms. The Labute approximate surface area is 84.9 Å². The minimum absolute atomic E-state index is 0.169. The molecule has 1 rings (SSSR count). The van der Waals surface area contributed by atoms with Crippen molar-refractivity contribution in [3.8, 4) is 5.75 Å². The van der Waals surface area contributed by atoms with E-state index >= 15 is 0 Å². The number of carbonyl (C=O) groups excluding carboxylic acids is 1. The quantitative estimate of drug-likeness (QED) is 0.733. The fourth-order valence-electron chi connectivity index (χ4n) is 1.29. The van der Waals surface area contributed by atoms with Crippen molar-refractivity contribution in [1.29, 1.82) is 0 Å². The zero-order valence-corrected chi connectivity index (χ0v) is 8.91. The number of hydrogen-bond donors (Lipinski definition) is 0. The van der Waals surface area contributed by atoms with Crippen LogP contribution in [0.1, 0.15) is 26.3 Å². The molecule has 0 atom stereocenters. The van der Waals surface area contributed by atoms with E-state index in [4.69, 9.17) is 4.74 Å². The Hall–Kier alpha value is -1.31. The Morgan fingerprint density at radius 2 is 2.14 bits per heavy atom. The van der Waals surface area contributed by atoms with E-state index < -0.39 is 0 Å². The van der Waals surface area contributed by atoms with Gasteiger partial charge in [-0.1, -0.05) is 12.1 Å². The Bertz CT molecular complexity index is 316. The van der Waals surface area contributed by atoms with E-state index in [2.05, 4.69) is 0 Å². The molecule has 2 nitrogen and oxygen atoms in total. The molecule has 0 heterocycles. The van der Waals surface area contributed by atoms with Crippen LogP contribution in [-0.4, -0.2) is 11.9 Å². The average molecular weight is 192 g/mol. The van der Waals surface area contributed by atoms with Gasteiger partial charge in [-0.05, 0) is 38.5 Å². The molecule has 0 aliphatic heterocycles. The maximum atomic E-state index is 10.9. The summed E-state index contributed by atoms with van der Waals surface area (Å²) in [5.41, 5.74) is 1.01. The first kappa shape index (κ1) is 10.8. The summed E-state index contributed by atoms with van der Waals surface area (Å²) < 4.78 is 5.53. The van der Waals surface area contributed by atoms with Crippen LogP contribution in [0.2, 0.25) is 0 Å².